The van der Waals surface area contributed by atoms with Crippen LogP contribution < -0.4 is 20.1 Å². The summed E-state index contributed by atoms with van der Waals surface area (Å²) in [6.07, 6.45) is 7.90. The van der Waals surface area contributed by atoms with E-state index in [1.165, 1.54) is 5.56 Å². The Morgan fingerprint density at radius 3 is 2.71 bits per heavy atom. The monoisotopic (exact) mass is 489 g/mol. The van der Waals surface area contributed by atoms with E-state index in [9.17, 15) is 9.59 Å². The van der Waals surface area contributed by atoms with Gasteiger partial charge in [0.05, 0.1) is 15.6 Å². The zero-order valence-corrected chi connectivity index (χ0v) is 20.3. The van der Waals surface area contributed by atoms with Crippen LogP contribution in [-0.4, -0.2) is 36.1 Å². The molecule has 0 aliphatic heterocycles. The van der Waals surface area contributed by atoms with Gasteiger partial charge in [0.1, 0.15) is 0 Å². The Bertz CT molecular complexity index is 1420. The topological polar surface area (TPSA) is 118 Å². The maximum Gasteiger partial charge on any atom is 0.308 e. The number of anilines is 1. The maximum absolute atomic E-state index is 12.5. The molecule has 10 heteroatoms. The minimum atomic E-state index is -0.120. The lowest BCUT2D eigenvalue weighted by Crippen LogP contribution is -2.31. The summed E-state index contributed by atoms with van der Waals surface area (Å²) in [5.74, 6) is 0.370. The van der Waals surface area contributed by atoms with Crippen molar-refractivity contribution in [3.05, 3.63) is 73.4 Å². The summed E-state index contributed by atoms with van der Waals surface area (Å²) < 4.78 is 2.41. The molecule has 1 aromatic carbocycles. The molecule has 0 spiro atoms. The summed E-state index contributed by atoms with van der Waals surface area (Å²) in [6.45, 7) is 6.68. The molecule has 0 aliphatic rings. The Morgan fingerprint density at radius 2 is 2.03 bits per heavy atom. The Kier molecular flexibility index (Phi) is 7.94. The summed E-state index contributed by atoms with van der Waals surface area (Å²) in [6, 6.07) is 11.2. The van der Waals surface area contributed by atoms with Gasteiger partial charge in [-0.15, -0.1) is 10.2 Å². The first-order valence-corrected chi connectivity index (χ1v) is 12.3. The van der Waals surface area contributed by atoms with Crippen molar-refractivity contribution in [1.29, 1.82) is 0 Å². The van der Waals surface area contributed by atoms with Crippen molar-refractivity contribution in [2.75, 3.05) is 5.32 Å². The molecule has 3 aromatic heterocycles. The van der Waals surface area contributed by atoms with Gasteiger partial charge in [-0.2, -0.15) is 5.21 Å². The first-order valence-electron chi connectivity index (χ1n) is 11.5. The number of carbonyl (C=O) groups excluding carboxylic acids is 1. The van der Waals surface area contributed by atoms with Gasteiger partial charge in [0.25, 0.3) is 0 Å². The third kappa shape index (κ3) is 6.36. The van der Waals surface area contributed by atoms with E-state index in [0.717, 1.165) is 46.4 Å². The fraction of sp³-hybridized carbons (Fsp3) is 0.280. The number of tetrazole rings is 1. The Morgan fingerprint density at radius 1 is 1.20 bits per heavy atom. The number of rotatable bonds is 10. The molecule has 0 fully saturated rings. The molecule has 0 saturated carbocycles. The summed E-state index contributed by atoms with van der Waals surface area (Å²) in [5, 5.41) is 17.3. The van der Waals surface area contributed by atoms with E-state index in [1.54, 1.807) is 16.7 Å². The highest BCUT2D eigenvalue weighted by molar-refractivity contribution is 7.07. The molecule has 0 radical (unpaired) electrons. The fourth-order valence-corrected chi connectivity index (χ4v) is 4.49. The molecule has 9 nitrogen and oxygen atoms in total. The minimum absolute atomic E-state index is 0.0849. The number of unbranched alkanes of at least 4 members (excludes halogenated alkanes) is 1. The molecule has 0 saturated heterocycles. The number of nitrogens with zero attached hydrogens (tertiary/aromatic N) is 5. The predicted octanol–water partition coefficient (Wildman–Crippen LogP) is 2.49. The molecule has 0 bridgehead atoms. The fourth-order valence-electron chi connectivity index (χ4n) is 3.58. The zero-order valence-electron chi connectivity index (χ0n) is 19.5. The Balaban J connectivity index is 1.33. The second kappa shape index (κ2) is 11.5. The van der Waals surface area contributed by atoms with Gasteiger partial charge in [0.15, 0.2) is 0 Å². The van der Waals surface area contributed by atoms with E-state index in [4.69, 9.17) is 0 Å². The summed E-state index contributed by atoms with van der Waals surface area (Å²) in [5.41, 5.74) is 3.49. The van der Waals surface area contributed by atoms with Crippen LogP contribution in [0.25, 0.3) is 24.0 Å². The molecule has 1 amide bonds. The van der Waals surface area contributed by atoms with Crippen LogP contribution in [0.4, 0.5) is 5.69 Å². The van der Waals surface area contributed by atoms with E-state index in [2.05, 4.69) is 50.5 Å². The highest BCUT2D eigenvalue weighted by Gasteiger charge is 2.08. The molecular weight excluding hydrogens is 462 g/mol. The number of H-pyrrole nitrogens is 1. The molecule has 0 aliphatic carbocycles. The maximum atomic E-state index is 12.5. The van der Waals surface area contributed by atoms with Gasteiger partial charge in [0.2, 0.25) is 11.7 Å². The number of hydrogen-bond donors (Lipinski definition) is 2. The number of aromatic nitrogens is 6. The van der Waals surface area contributed by atoms with Crippen molar-refractivity contribution < 1.29 is 4.79 Å². The quantitative estimate of drug-likeness (QED) is 0.353. The lowest BCUT2D eigenvalue weighted by molar-refractivity contribution is -0.116. The third-order valence-corrected chi connectivity index (χ3v) is 6.50. The van der Waals surface area contributed by atoms with Crippen LogP contribution in [0.15, 0.2) is 47.4 Å². The van der Waals surface area contributed by atoms with Gasteiger partial charge < -0.3 is 5.32 Å². The molecule has 35 heavy (non-hydrogen) atoms. The van der Waals surface area contributed by atoms with Crippen LogP contribution >= 0.6 is 11.3 Å². The molecule has 4 rings (SSSR count). The molecule has 3 heterocycles. The van der Waals surface area contributed by atoms with Crippen LogP contribution in [0.2, 0.25) is 0 Å². The number of carbonyl (C=O) groups is 1. The highest BCUT2D eigenvalue weighted by Crippen LogP contribution is 2.17. The van der Waals surface area contributed by atoms with Crippen LogP contribution in [0, 0.1) is 0 Å². The minimum Gasteiger partial charge on any atom is -0.326 e. The number of thiazole rings is 1. The summed E-state index contributed by atoms with van der Waals surface area (Å²) in [4.78, 5) is 29.3. The lowest BCUT2D eigenvalue weighted by Gasteiger charge is -2.06. The molecule has 0 atom stereocenters. The average Bonchev–Trinajstić information content (AvgIpc) is 3.49. The lowest BCUT2D eigenvalue weighted by atomic mass is 10.1. The number of aromatic amines is 1. The number of aryl methyl sites for hydroxylation is 1. The molecule has 4 aromatic rings. The van der Waals surface area contributed by atoms with E-state index in [0.29, 0.717) is 29.8 Å². The van der Waals surface area contributed by atoms with Crippen LogP contribution in [0.5, 0.6) is 0 Å². The summed E-state index contributed by atoms with van der Waals surface area (Å²) in [7, 11) is 0. The van der Waals surface area contributed by atoms with Gasteiger partial charge in [-0.25, -0.2) is 0 Å². The summed E-state index contributed by atoms with van der Waals surface area (Å²) >= 11 is 1.15. The largest absolute Gasteiger partial charge is 0.326 e. The smallest absolute Gasteiger partial charge is 0.308 e. The molecule has 0 unspecified atom stereocenters. The normalized spacial score (nSPS) is 11.6. The van der Waals surface area contributed by atoms with Crippen molar-refractivity contribution in [3.8, 4) is 11.4 Å². The highest BCUT2D eigenvalue weighted by atomic mass is 32.1. The van der Waals surface area contributed by atoms with E-state index >= 15 is 0 Å². The first kappa shape index (κ1) is 24.2. The van der Waals surface area contributed by atoms with Gasteiger partial charge in [-0.3, -0.25) is 19.1 Å². The number of benzene rings is 1. The Hall–Kier alpha value is -3.92. The van der Waals surface area contributed by atoms with Crippen molar-refractivity contribution in [2.24, 2.45) is 0 Å². The standard InChI is InChI=1S/C25H27N7O2S/c1-3-4-6-18-8-11-21(26-16-18)15-22-17(2)32(25(34)35-22)14-5-7-23(33)27-20-12-9-19(10-13-20)24-28-30-31-29-24/h8-13,15-16H,2-7,14H2,1H3,(H,27,33)(H,28,29,30,31)/b22-15-. The number of hydrogen-bond acceptors (Lipinski definition) is 7. The SMILES string of the molecule is C=c1/c(=C/c2ccc(CCCC)cn2)sc(=O)n1CCCC(=O)Nc1ccc(-c2nn[nH]n2)cc1. The number of amides is 1. The van der Waals surface area contributed by atoms with E-state index in [1.807, 2.05) is 30.5 Å². The second-order valence-electron chi connectivity index (χ2n) is 8.13. The van der Waals surface area contributed by atoms with Crippen molar-refractivity contribution >= 4 is 35.6 Å². The molecule has 180 valence electrons. The number of nitrogens with one attached hydrogen (secondary N) is 2. The Labute approximate surface area is 206 Å². The third-order valence-electron chi connectivity index (χ3n) is 5.53. The molecule has 2 N–H and O–H groups in total. The van der Waals surface area contributed by atoms with Crippen molar-refractivity contribution in [2.45, 2.75) is 45.6 Å². The predicted molar refractivity (Wildman–Crippen MR) is 137 cm³/mol. The van der Waals surface area contributed by atoms with Crippen molar-refractivity contribution in [3.63, 3.8) is 0 Å². The van der Waals surface area contributed by atoms with Crippen LogP contribution in [-0.2, 0) is 17.8 Å². The van der Waals surface area contributed by atoms with Gasteiger partial charge in [-0.05, 0) is 66.4 Å². The van der Waals surface area contributed by atoms with Gasteiger partial charge in [-0.1, -0.05) is 37.3 Å². The average molecular weight is 490 g/mol. The van der Waals surface area contributed by atoms with Gasteiger partial charge in [0, 0.05) is 30.4 Å². The van der Waals surface area contributed by atoms with Crippen LogP contribution in [0.1, 0.15) is 43.9 Å². The zero-order chi connectivity index (χ0) is 24.6. The first-order chi connectivity index (χ1) is 17.0. The van der Waals surface area contributed by atoms with Crippen LogP contribution in [0.3, 0.4) is 0 Å². The van der Waals surface area contributed by atoms with Crippen molar-refractivity contribution in [1.82, 2.24) is 30.2 Å². The number of pyridine rings is 1. The molecular formula is C25H27N7O2S. The van der Waals surface area contributed by atoms with E-state index in [-0.39, 0.29) is 17.2 Å². The van der Waals surface area contributed by atoms with E-state index < -0.39 is 0 Å². The van der Waals surface area contributed by atoms with Gasteiger partial charge >= 0.3 is 4.87 Å². The second-order valence-corrected chi connectivity index (χ2v) is 9.13.